The Bertz CT molecular complexity index is 164. The van der Waals surface area contributed by atoms with Crippen molar-refractivity contribution >= 4 is 0 Å². The third-order valence-electron chi connectivity index (χ3n) is 2.19. The Balaban J connectivity index is 2.50. The average Bonchev–Trinajstić information content (AvgIpc) is 2.32. The summed E-state index contributed by atoms with van der Waals surface area (Å²) >= 11 is 0. The summed E-state index contributed by atoms with van der Waals surface area (Å²) in [6, 6.07) is 0. The number of aliphatic hydroxyl groups excluding tert-OH is 3. The third kappa shape index (κ3) is 2.38. The minimum absolute atomic E-state index is 0.262. The number of hydrogen-bond acceptors (Lipinski definition) is 5. The van der Waals surface area contributed by atoms with Crippen LogP contribution in [0, 0.1) is 0 Å². The van der Waals surface area contributed by atoms with Gasteiger partial charge < -0.3 is 25.0 Å². The lowest BCUT2D eigenvalue weighted by atomic mass is 10.1. The molecule has 0 amide bonds. The highest BCUT2D eigenvalue weighted by Gasteiger charge is 2.42. The van der Waals surface area contributed by atoms with E-state index in [4.69, 9.17) is 9.84 Å². The summed E-state index contributed by atoms with van der Waals surface area (Å²) in [4.78, 5) is 1.86. The van der Waals surface area contributed by atoms with E-state index in [0.717, 1.165) is 0 Å². The van der Waals surface area contributed by atoms with Crippen molar-refractivity contribution in [1.29, 1.82) is 0 Å². The van der Waals surface area contributed by atoms with Crippen molar-refractivity contribution in [2.24, 2.45) is 0 Å². The molecule has 1 fully saturated rings. The van der Waals surface area contributed by atoms with Crippen molar-refractivity contribution in [3.05, 3.63) is 0 Å². The van der Waals surface area contributed by atoms with E-state index in [1.54, 1.807) is 0 Å². The number of likely N-dealkylation sites (N-methyl/N-ethyl adjacent to an activating group) is 1. The maximum Gasteiger partial charge on any atom is 0.111 e. The first-order chi connectivity index (χ1) is 6.06. The lowest BCUT2D eigenvalue weighted by molar-refractivity contribution is -0.0280. The second-order valence-electron chi connectivity index (χ2n) is 3.64. The number of hydrogen-bond donors (Lipinski definition) is 3. The summed E-state index contributed by atoms with van der Waals surface area (Å²) in [5.74, 6) is 0. The summed E-state index contributed by atoms with van der Waals surface area (Å²) in [5, 5.41) is 27.7. The van der Waals surface area contributed by atoms with Crippen LogP contribution in [0.1, 0.15) is 0 Å². The molecule has 0 aromatic rings. The molecule has 0 spiro atoms. The molecule has 1 heterocycles. The summed E-state index contributed by atoms with van der Waals surface area (Å²) < 4.78 is 5.25. The lowest BCUT2D eigenvalue weighted by Crippen LogP contribution is -2.37. The summed E-state index contributed by atoms with van der Waals surface area (Å²) in [5.41, 5.74) is 0. The molecule has 0 saturated carbocycles. The van der Waals surface area contributed by atoms with Gasteiger partial charge in [0.2, 0.25) is 0 Å². The molecular weight excluding hydrogens is 174 g/mol. The Morgan fingerprint density at radius 2 is 1.69 bits per heavy atom. The highest BCUT2D eigenvalue weighted by atomic mass is 16.6. The van der Waals surface area contributed by atoms with Crippen molar-refractivity contribution in [3.8, 4) is 0 Å². The van der Waals surface area contributed by atoms with Gasteiger partial charge in [0.1, 0.15) is 18.3 Å². The number of nitrogens with zero attached hydrogens (tertiary/aromatic N) is 1. The summed E-state index contributed by atoms with van der Waals surface area (Å²) in [7, 11) is 3.71. The average molecular weight is 191 g/mol. The lowest BCUT2D eigenvalue weighted by Gasteiger charge is -2.18. The first-order valence-corrected chi connectivity index (χ1v) is 4.33. The topological polar surface area (TPSA) is 73.2 Å². The fourth-order valence-corrected chi connectivity index (χ4v) is 1.49. The van der Waals surface area contributed by atoms with E-state index in [2.05, 4.69) is 0 Å². The van der Waals surface area contributed by atoms with Crippen molar-refractivity contribution in [1.82, 2.24) is 4.90 Å². The third-order valence-corrected chi connectivity index (χ3v) is 2.19. The van der Waals surface area contributed by atoms with Crippen LogP contribution in [0.3, 0.4) is 0 Å². The largest absolute Gasteiger partial charge is 0.394 e. The zero-order chi connectivity index (χ0) is 10.0. The van der Waals surface area contributed by atoms with Crippen molar-refractivity contribution in [3.63, 3.8) is 0 Å². The highest BCUT2D eigenvalue weighted by Crippen LogP contribution is 2.21. The molecule has 5 heteroatoms. The highest BCUT2D eigenvalue weighted by molar-refractivity contribution is 4.91. The van der Waals surface area contributed by atoms with E-state index in [1.807, 2.05) is 19.0 Å². The van der Waals surface area contributed by atoms with Gasteiger partial charge in [0, 0.05) is 6.54 Å². The molecule has 5 nitrogen and oxygen atoms in total. The molecule has 13 heavy (non-hydrogen) atoms. The zero-order valence-corrected chi connectivity index (χ0v) is 7.92. The fraction of sp³-hybridized carbons (Fsp3) is 1.00. The Morgan fingerprint density at radius 1 is 1.15 bits per heavy atom. The van der Waals surface area contributed by atoms with E-state index in [0.29, 0.717) is 6.54 Å². The Hall–Kier alpha value is -0.200. The molecule has 0 aromatic heterocycles. The van der Waals surface area contributed by atoms with Gasteiger partial charge in [0.05, 0.1) is 12.7 Å². The minimum Gasteiger partial charge on any atom is -0.394 e. The van der Waals surface area contributed by atoms with E-state index >= 15 is 0 Å². The maximum absolute atomic E-state index is 9.50. The van der Waals surface area contributed by atoms with Crippen LogP contribution in [0.15, 0.2) is 0 Å². The molecule has 0 radical (unpaired) electrons. The van der Waals surface area contributed by atoms with Crippen LogP contribution in [-0.2, 0) is 4.74 Å². The van der Waals surface area contributed by atoms with Crippen LogP contribution in [0.25, 0.3) is 0 Å². The van der Waals surface area contributed by atoms with E-state index < -0.39 is 24.4 Å². The molecule has 0 bridgehead atoms. The molecule has 4 atom stereocenters. The van der Waals surface area contributed by atoms with Gasteiger partial charge in [-0.1, -0.05) is 0 Å². The minimum atomic E-state index is -0.977. The first-order valence-electron chi connectivity index (χ1n) is 4.33. The smallest absolute Gasteiger partial charge is 0.111 e. The van der Waals surface area contributed by atoms with E-state index in [-0.39, 0.29) is 6.61 Å². The van der Waals surface area contributed by atoms with Crippen LogP contribution in [0.5, 0.6) is 0 Å². The van der Waals surface area contributed by atoms with Gasteiger partial charge in [-0.15, -0.1) is 0 Å². The molecule has 1 aliphatic heterocycles. The van der Waals surface area contributed by atoms with Crippen LogP contribution < -0.4 is 0 Å². The van der Waals surface area contributed by atoms with Crippen molar-refractivity contribution in [2.45, 2.75) is 24.4 Å². The molecular formula is C8H17NO4. The standard InChI is InChI=1S/C8H17NO4/c1-9(2)3-5-7(11)8(12)6(4-10)13-5/h5-8,10-12H,3-4H2,1-2H3/t5-,6+,7+,8+/m0/s1. The predicted molar refractivity (Wildman–Crippen MR) is 46.3 cm³/mol. The summed E-state index contributed by atoms with van der Waals surface area (Å²) in [6.07, 6.45) is -2.95. The first kappa shape index (κ1) is 10.9. The normalized spacial score (nSPS) is 40.2. The molecule has 0 unspecified atom stereocenters. The second-order valence-corrected chi connectivity index (χ2v) is 3.64. The molecule has 0 aliphatic carbocycles. The van der Waals surface area contributed by atoms with Crippen LogP contribution in [0.4, 0.5) is 0 Å². The summed E-state index contributed by atoms with van der Waals surface area (Å²) in [6.45, 7) is 0.275. The quantitative estimate of drug-likeness (QED) is 0.482. The van der Waals surface area contributed by atoms with E-state index in [1.165, 1.54) is 0 Å². The van der Waals surface area contributed by atoms with Crippen LogP contribution >= 0.6 is 0 Å². The molecule has 0 aromatic carbocycles. The molecule has 1 rings (SSSR count). The monoisotopic (exact) mass is 191 g/mol. The van der Waals surface area contributed by atoms with Gasteiger partial charge in [0.25, 0.3) is 0 Å². The van der Waals surface area contributed by atoms with E-state index in [9.17, 15) is 10.2 Å². The maximum atomic E-state index is 9.50. The van der Waals surface area contributed by atoms with Gasteiger partial charge in [-0.25, -0.2) is 0 Å². The molecule has 1 saturated heterocycles. The van der Waals surface area contributed by atoms with Gasteiger partial charge >= 0.3 is 0 Å². The predicted octanol–water partition coefficient (Wildman–Crippen LogP) is -1.97. The van der Waals surface area contributed by atoms with Crippen LogP contribution in [-0.4, -0.2) is 71.9 Å². The van der Waals surface area contributed by atoms with Gasteiger partial charge in [-0.3, -0.25) is 0 Å². The van der Waals surface area contributed by atoms with Gasteiger partial charge in [-0.2, -0.15) is 0 Å². The number of rotatable bonds is 3. The Labute approximate surface area is 77.5 Å². The number of ether oxygens (including phenoxy) is 1. The molecule has 78 valence electrons. The number of aliphatic hydroxyl groups is 3. The molecule has 1 aliphatic rings. The van der Waals surface area contributed by atoms with Crippen LogP contribution in [0.2, 0.25) is 0 Å². The SMILES string of the molecule is CN(C)C[C@@H]1O[C@H](CO)[C@@H](O)[C@@H]1O. The van der Waals surface area contributed by atoms with Gasteiger partial charge in [-0.05, 0) is 14.1 Å². The van der Waals surface area contributed by atoms with Crippen molar-refractivity contribution < 1.29 is 20.1 Å². The Morgan fingerprint density at radius 3 is 2.08 bits per heavy atom. The molecule has 3 N–H and O–H groups in total. The Kier molecular flexibility index (Phi) is 3.63. The van der Waals surface area contributed by atoms with Gasteiger partial charge in [0.15, 0.2) is 0 Å². The van der Waals surface area contributed by atoms with Crippen molar-refractivity contribution in [2.75, 3.05) is 27.2 Å². The zero-order valence-electron chi connectivity index (χ0n) is 7.92. The second kappa shape index (κ2) is 4.34. The fourth-order valence-electron chi connectivity index (χ4n) is 1.49.